The topological polar surface area (TPSA) is 91.1 Å². The van der Waals surface area contributed by atoms with Crippen LogP contribution in [-0.2, 0) is 10.0 Å². The molecule has 168 valence electrons. The third kappa shape index (κ3) is 5.05. The number of hydrogen-bond acceptors (Lipinski definition) is 3. The molecule has 0 aliphatic carbocycles. The molecule has 6 nitrogen and oxygen atoms in total. The number of nitrogens with one attached hydrogen (secondary N) is 3. The van der Waals surface area contributed by atoms with Gasteiger partial charge >= 0.3 is 0 Å². The Bertz CT molecular complexity index is 1380. The van der Waals surface area contributed by atoms with Crippen LogP contribution in [0.2, 0.25) is 0 Å². The molecule has 0 saturated heterocycles. The van der Waals surface area contributed by atoms with E-state index >= 15 is 0 Å². The lowest BCUT2D eigenvalue weighted by Gasteiger charge is -2.18. The maximum Gasteiger partial charge on any atom is 0.251 e. The second-order valence-electron chi connectivity index (χ2n) is 7.63. The fraction of sp³-hybridized carbons (Fsp3) is 0.115. The molecule has 1 atom stereocenters. The number of carbonyl (C=O) groups excluding carboxylic acids is 1. The summed E-state index contributed by atoms with van der Waals surface area (Å²) in [4.78, 5) is 16.3. The second kappa shape index (κ2) is 9.85. The van der Waals surface area contributed by atoms with Crippen LogP contribution in [0.4, 0.5) is 0 Å². The van der Waals surface area contributed by atoms with Crippen molar-refractivity contribution >= 4 is 26.8 Å². The minimum Gasteiger partial charge on any atom is -0.361 e. The van der Waals surface area contributed by atoms with Crippen LogP contribution in [0.15, 0.2) is 103 Å². The Morgan fingerprint density at radius 1 is 1.00 bits per heavy atom. The average molecular weight is 460 g/mol. The Labute approximate surface area is 193 Å². The molecule has 0 saturated carbocycles. The van der Waals surface area contributed by atoms with Crippen molar-refractivity contribution in [3.05, 3.63) is 114 Å². The maximum atomic E-state index is 13.0. The number of amides is 1. The zero-order chi connectivity index (χ0) is 23.3. The maximum absolute atomic E-state index is 13.0. The first-order valence-corrected chi connectivity index (χ1v) is 12.1. The van der Waals surface area contributed by atoms with E-state index in [1.807, 2.05) is 54.7 Å². The second-order valence-corrected chi connectivity index (χ2v) is 9.40. The average Bonchev–Trinajstić information content (AvgIpc) is 3.27. The Balaban J connectivity index is 1.58. The normalized spacial score (nSPS) is 12.4. The number of H-pyrrole nitrogens is 1. The lowest BCUT2D eigenvalue weighted by atomic mass is 9.91. The number of aromatic amines is 1. The largest absolute Gasteiger partial charge is 0.361 e. The summed E-state index contributed by atoms with van der Waals surface area (Å²) in [5.74, 6) is -0.413. The van der Waals surface area contributed by atoms with Gasteiger partial charge in [0.15, 0.2) is 0 Å². The van der Waals surface area contributed by atoms with Gasteiger partial charge < -0.3 is 10.3 Å². The molecular formula is C26H25N3O3S. The standard InChI is InChI=1S/C26H25N3O3S/c1-2-15-29-33(31,32)21-12-8-11-20(16-21)26(30)28-17-23(19-9-4-3-5-10-19)24-18-27-25-14-7-6-13-22(24)25/h2-14,16,18,23,27,29H,1,15,17H2,(H,28,30). The van der Waals surface area contributed by atoms with E-state index in [2.05, 4.69) is 27.7 Å². The van der Waals surface area contributed by atoms with E-state index in [-0.39, 0.29) is 28.8 Å². The summed E-state index contributed by atoms with van der Waals surface area (Å²) in [6.45, 7) is 3.99. The number of benzene rings is 3. The van der Waals surface area contributed by atoms with Crippen LogP contribution in [0.5, 0.6) is 0 Å². The van der Waals surface area contributed by atoms with Crippen LogP contribution in [0.1, 0.15) is 27.4 Å². The van der Waals surface area contributed by atoms with E-state index in [4.69, 9.17) is 0 Å². The fourth-order valence-electron chi connectivity index (χ4n) is 3.83. The Morgan fingerprint density at radius 2 is 1.76 bits per heavy atom. The van der Waals surface area contributed by atoms with Crippen molar-refractivity contribution in [3.63, 3.8) is 0 Å². The third-order valence-corrected chi connectivity index (χ3v) is 6.91. The molecule has 33 heavy (non-hydrogen) atoms. The molecule has 0 fully saturated rings. The third-order valence-electron chi connectivity index (χ3n) is 5.49. The molecule has 0 bridgehead atoms. The van der Waals surface area contributed by atoms with E-state index in [0.717, 1.165) is 22.0 Å². The van der Waals surface area contributed by atoms with Crippen molar-refractivity contribution in [2.75, 3.05) is 13.1 Å². The van der Waals surface area contributed by atoms with Crippen molar-refractivity contribution in [1.29, 1.82) is 0 Å². The number of fused-ring (bicyclic) bond motifs is 1. The number of sulfonamides is 1. The van der Waals surface area contributed by atoms with Crippen LogP contribution in [-0.4, -0.2) is 32.4 Å². The summed E-state index contributed by atoms with van der Waals surface area (Å²) < 4.78 is 27.2. The highest BCUT2D eigenvalue weighted by molar-refractivity contribution is 7.89. The van der Waals surface area contributed by atoms with Gasteiger partial charge in [0.2, 0.25) is 10.0 Å². The molecule has 4 rings (SSSR count). The van der Waals surface area contributed by atoms with Gasteiger partial charge in [0.1, 0.15) is 0 Å². The molecule has 7 heteroatoms. The van der Waals surface area contributed by atoms with Gasteiger partial charge in [-0.3, -0.25) is 4.79 Å². The molecule has 1 unspecified atom stereocenters. The smallest absolute Gasteiger partial charge is 0.251 e. The zero-order valence-electron chi connectivity index (χ0n) is 18.0. The summed E-state index contributed by atoms with van der Waals surface area (Å²) in [5.41, 5.74) is 3.47. The van der Waals surface area contributed by atoms with Crippen molar-refractivity contribution in [2.24, 2.45) is 0 Å². The van der Waals surface area contributed by atoms with Gasteiger partial charge in [-0.15, -0.1) is 6.58 Å². The molecule has 1 heterocycles. The van der Waals surface area contributed by atoms with Gasteiger partial charge in [-0.1, -0.05) is 60.7 Å². The fourth-order valence-corrected chi connectivity index (χ4v) is 4.87. The van der Waals surface area contributed by atoms with Crippen molar-refractivity contribution in [2.45, 2.75) is 10.8 Å². The van der Waals surface area contributed by atoms with Crippen LogP contribution in [0.25, 0.3) is 10.9 Å². The SMILES string of the molecule is C=CCNS(=O)(=O)c1cccc(C(=O)NCC(c2ccccc2)c2c[nH]c3ccccc23)c1. The molecule has 0 aliphatic heterocycles. The number of hydrogen-bond donors (Lipinski definition) is 3. The highest BCUT2D eigenvalue weighted by Gasteiger charge is 2.20. The highest BCUT2D eigenvalue weighted by Crippen LogP contribution is 2.30. The van der Waals surface area contributed by atoms with Gasteiger partial charge in [0.25, 0.3) is 5.91 Å². The minimum absolute atomic E-state index is 0.0354. The summed E-state index contributed by atoms with van der Waals surface area (Å²) in [7, 11) is -3.72. The summed E-state index contributed by atoms with van der Waals surface area (Å²) in [6.07, 6.45) is 3.44. The molecule has 1 aromatic heterocycles. The first-order chi connectivity index (χ1) is 16.0. The first-order valence-electron chi connectivity index (χ1n) is 10.6. The van der Waals surface area contributed by atoms with Gasteiger partial charge in [0, 0.05) is 41.7 Å². The van der Waals surface area contributed by atoms with Crippen molar-refractivity contribution in [1.82, 2.24) is 15.0 Å². The van der Waals surface area contributed by atoms with Crippen LogP contribution in [0, 0.1) is 0 Å². The van der Waals surface area contributed by atoms with Gasteiger partial charge in [-0.2, -0.15) is 0 Å². The van der Waals surface area contributed by atoms with Gasteiger partial charge in [0.05, 0.1) is 4.90 Å². The lowest BCUT2D eigenvalue weighted by Crippen LogP contribution is -2.29. The minimum atomic E-state index is -3.72. The number of carbonyl (C=O) groups is 1. The van der Waals surface area contributed by atoms with E-state index in [0.29, 0.717) is 6.54 Å². The van der Waals surface area contributed by atoms with E-state index in [1.165, 1.54) is 18.2 Å². The van der Waals surface area contributed by atoms with Crippen LogP contribution >= 0.6 is 0 Å². The van der Waals surface area contributed by atoms with Crippen LogP contribution in [0.3, 0.4) is 0 Å². The molecule has 0 spiro atoms. The number of aromatic nitrogens is 1. The highest BCUT2D eigenvalue weighted by atomic mass is 32.2. The molecule has 1 amide bonds. The molecule has 4 aromatic rings. The lowest BCUT2D eigenvalue weighted by molar-refractivity contribution is 0.0952. The van der Waals surface area contributed by atoms with Gasteiger partial charge in [-0.05, 0) is 35.4 Å². The molecule has 0 radical (unpaired) electrons. The summed E-state index contributed by atoms with van der Waals surface area (Å²) in [6, 6.07) is 24.0. The Morgan fingerprint density at radius 3 is 2.55 bits per heavy atom. The zero-order valence-corrected chi connectivity index (χ0v) is 18.8. The van der Waals surface area contributed by atoms with Crippen molar-refractivity contribution in [3.8, 4) is 0 Å². The molecule has 0 aliphatic rings. The van der Waals surface area contributed by atoms with E-state index < -0.39 is 10.0 Å². The van der Waals surface area contributed by atoms with E-state index in [1.54, 1.807) is 12.1 Å². The Kier molecular flexibility index (Phi) is 6.72. The number of rotatable bonds is 9. The first kappa shape index (κ1) is 22.5. The molecule has 3 N–H and O–H groups in total. The number of para-hydroxylation sites is 1. The monoisotopic (exact) mass is 459 g/mol. The predicted molar refractivity (Wildman–Crippen MR) is 131 cm³/mol. The summed E-state index contributed by atoms with van der Waals surface area (Å²) in [5, 5.41) is 4.09. The van der Waals surface area contributed by atoms with E-state index in [9.17, 15) is 13.2 Å². The van der Waals surface area contributed by atoms with Crippen LogP contribution < -0.4 is 10.0 Å². The van der Waals surface area contributed by atoms with Crippen molar-refractivity contribution < 1.29 is 13.2 Å². The quantitative estimate of drug-likeness (QED) is 0.328. The summed E-state index contributed by atoms with van der Waals surface area (Å²) >= 11 is 0. The molecular weight excluding hydrogens is 434 g/mol. The molecule has 3 aromatic carbocycles. The van der Waals surface area contributed by atoms with Gasteiger partial charge in [-0.25, -0.2) is 13.1 Å². The predicted octanol–water partition coefficient (Wildman–Crippen LogP) is 4.19. The Hall–Kier alpha value is -3.68.